The average molecular weight is 422 g/mol. The molecule has 0 aliphatic carbocycles. The highest BCUT2D eigenvalue weighted by atomic mass is 19.1. The Morgan fingerprint density at radius 2 is 1.94 bits per heavy atom. The Bertz CT molecular complexity index is 1040. The van der Waals surface area contributed by atoms with Gasteiger partial charge in [-0.1, -0.05) is 30.3 Å². The molecule has 31 heavy (non-hydrogen) atoms. The van der Waals surface area contributed by atoms with E-state index in [1.807, 2.05) is 24.4 Å². The number of hydrogen-bond acceptors (Lipinski definition) is 3. The molecule has 4 nitrogen and oxygen atoms in total. The molecule has 0 spiro atoms. The molecule has 2 heterocycles. The van der Waals surface area contributed by atoms with Crippen LogP contribution in [-0.4, -0.2) is 35.5 Å². The predicted octanol–water partition coefficient (Wildman–Crippen LogP) is 4.74. The van der Waals surface area contributed by atoms with E-state index in [1.165, 1.54) is 24.3 Å². The van der Waals surface area contributed by atoms with Gasteiger partial charge in [0.15, 0.2) is 18.2 Å². The molecule has 0 N–H and O–H groups in total. The van der Waals surface area contributed by atoms with Gasteiger partial charge in [0.25, 0.3) is 5.91 Å². The highest BCUT2D eigenvalue weighted by molar-refractivity contribution is 5.78. The van der Waals surface area contributed by atoms with Gasteiger partial charge in [0.2, 0.25) is 0 Å². The van der Waals surface area contributed by atoms with Crippen molar-refractivity contribution in [1.29, 1.82) is 0 Å². The number of likely N-dealkylation sites (tertiary alicyclic amines) is 1. The molecule has 1 saturated heterocycles. The topological polar surface area (TPSA) is 42.4 Å². The molecule has 0 unspecified atom stereocenters. The second-order valence-electron chi connectivity index (χ2n) is 7.80. The molecule has 0 radical (unpaired) electrons. The van der Waals surface area contributed by atoms with Crippen LogP contribution in [0, 0.1) is 11.6 Å². The zero-order valence-electron chi connectivity index (χ0n) is 17.1. The predicted molar refractivity (Wildman–Crippen MR) is 114 cm³/mol. The van der Waals surface area contributed by atoms with E-state index in [0.717, 1.165) is 29.7 Å². The first-order chi connectivity index (χ1) is 15.1. The van der Waals surface area contributed by atoms with Crippen LogP contribution in [0.4, 0.5) is 8.78 Å². The van der Waals surface area contributed by atoms with Gasteiger partial charge in [-0.25, -0.2) is 8.78 Å². The third-order valence-electron chi connectivity index (χ3n) is 5.53. The van der Waals surface area contributed by atoms with Gasteiger partial charge in [0.05, 0.1) is 0 Å². The van der Waals surface area contributed by atoms with Crippen molar-refractivity contribution >= 4 is 5.91 Å². The van der Waals surface area contributed by atoms with Gasteiger partial charge in [-0.15, -0.1) is 0 Å². The van der Waals surface area contributed by atoms with Crippen LogP contribution >= 0.6 is 0 Å². The van der Waals surface area contributed by atoms with Crippen molar-refractivity contribution in [2.24, 2.45) is 0 Å². The number of amides is 1. The standard InChI is InChI=1S/C25H24F2N2O2/c26-21-7-3-5-18(14-21)13-19-10-11-23(28-15-19)20-6-4-12-29(16-20)25(30)17-31-24-9-2-1-8-22(24)27/h1-3,5,7-11,14-15,20H,4,6,12-13,16-17H2/t20-/m1/s1. The molecule has 1 atom stereocenters. The number of aromatic nitrogens is 1. The van der Waals surface area contributed by atoms with E-state index in [1.54, 1.807) is 23.1 Å². The van der Waals surface area contributed by atoms with Gasteiger partial charge >= 0.3 is 0 Å². The summed E-state index contributed by atoms with van der Waals surface area (Å²) >= 11 is 0. The van der Waals surface area contributed by atoms with E-state index < -0.39 is 5.82 Å². The number of piperidine rings is 1. The minimum absolute atomic E-state index is 0.0833. The first-order valence-corrected chi connectivity index (χ1v) is 10.4. The quantitative estimate of drug-likeness (QED) is 0.577. The third-order valence-corrected chi connectivity index (χ3v) is 5.53. The summed E-state index contributed by atoms with van der Waals surface area (Å²) in [5.74, 6) is -0.646. The summed E-state index contributed by atoms with van der Waals surface area (Å²) in [6, 6.07) is 16.6. The summed E-state index contributed by atoms with van der Waals surface area (Å²) in [7, 11) is 0. The van der Waals surface area contributed by atoms with Crippen molar-refractivity contribution in [1.82, 2.24) is 9.88 Å². The lowest BCUT2D eigenvalue weighted by atomic mass is 9.93. The van der Waals surface area contributed by atoms with E-state index in [4.69, 9.17) is 4.74 Å². The smallest absolute Gasteiger partial charge is 0.260 e. The highest BCUT2D eigenvalue weighted by Gasteiger charge is 2.26. The average Bonchev–Trinajstić information content (AvgIpc) is 2.79. The van der Waals surface area contributed by atoms with E-state index in [9.17, 15) is 13.6 Å². The van der Waals surface area contributed by atoms with Crippen LogP contribution in [0.25, 0.3) is 0 Å². The van der Waals surface area contributed by atoms with Crippen molar-refractivity contribution in [2.75, 3.05) is 19.7 Å². The molecule has 1 aliphatic rings. The summed E-state index contributed by atoms with van der Waals surface area (Å²) < 4.78 is 32.4. The molecule has 1 amide bonds. The molecule has 1 aromatic heterocycles. The number of rotatable bonds is 6. The van der Waals surface area contributed by atoms with Crippen LogP contribution in [0.3, 0.4) is 0 Å². The fourth-order valence-corrected chi connectivity index (χ4v) is 3.90. The number of nitrogens with zero attached hydrogens (tertiary/aromatic N) is 2. The molecule has 0 saturated carbocycles. The highest BCUT2D eigenvalue weighted by Crippen LogP contribution is 2.26. The van der Waals surface area contributed by atoms with Crippen LogP contribution in [0.15, 0.2) is 66.9 Å². The minimum Gasteiger partial charge on any atom is -0.481 e. The number of hydrogen-bond donors (Lipinski definition) is 0. The largest absolute Gasteiger partial charge is 0.481 e. The summed E-state index contributed by atoms with van der Waals surface area (Å²) in [6.07, 6.45) is 4.27. The number of ether oxygens (including phenoxy) is 1. The normalized spacial score (nSPS) is 16.2. The molecular weight excluding hydrogens is 398 g/mol. The van der Waals surface area contributed by atoms with E-state index in [2.05, 4.69) is 4.98 Å². The minimum atomic E-state index is -0.477. The fraction of sp³-hybridized carbons (Fsp3) is 0.280. The van der Waals surface area contributed by atoms with E-state index in [-0.39, 0.29) is 30.0 Å². The second-order valence-corrected chi connectivity index (χ2v) is 7.80. The Kier molecular flexibility index (Phi) is 6.55. The molecule has 2 aromatic carbocycles. The van der Waals surface area contributed by atoms with Crippen molar-refractivity contribution in [3.8, 4) is 5.75 Å². The van der Waals surface area contributed by atoms with Gasteiger partial charge in [0.1, 0.15) is 5.82 Å². The monoisotopic (exact) mass is 422 g/mol. The maximum absolute atomic E-state index is 13.7. The first-order valence-electron chi connectivity index (χ1n) is 10.4. The number of benzene rings is 2. The molecular formula is C25H24F2N2O2. The van der Waals surface area contributed by atoms with Crippen molar-refractivity contribution in [3.63, 3.8) is 0 Å². The lowest BCUT2D eigenvalue weighted by molar-refractivity contribution is -0.134. The fourth-order valence-electron chi connectivity index (χ4n) is 3.90. The third kappa shape index (κ3) is 5.45. The number of para-hydroxylation sites is 1. The SMILES string of the molecule is O=C(COc1ccccc1F)N1CCC[C@@H](c2ccc(Cc3cccc(F)c3)cn2)C1. The molecule has 3 aromatic rings. The maximum atomic E-state index is 13.7. The Hall–Kier alpha value is -3.28. The van der Waals surface area contributed by atoms with Crippen molar-refractivity contribution in [3.05, 3.63) is 95.3 Å². The molecule has 1 aliphatic heterocycles. The zero-order valence-corrected chi connectivity index (χ0v) is 17.1. The lowest BCUT2D eigenvalue weighted by Crippen LogP contribution is -2.41. The molecule has 6 heteroatoms. The summed E-state index contributed by atoms with van der Waals surface area (Å²) in [5, 5.41) is 0. The van der Waals surface area contributed by atoms with Crippen LogP contribution in [0.1, 0.15) is 35.6 Å². The Morgan fingerprint density at radius 1 is 1.06 bits per heavy atom. The van der Waals surface area contributed by atoms with Crippen LogP contribution in [0.5, 0.6) is 5.75 Å². The Labute approximate surface area is 180 Å². The van der Waals surface area contributed by atoms with Crippen molar-refractivity contribution < 1.29 is 18.3 Å². The molecule has 160 valence electrons. The van der Waals surface area contributed by atoms with E-state index >= 15 is 0 Å². The zero-order chi connectivity index (χ0) is 21.6. The van der Waals surface area contributed by atoms with Gasteiger partial charge in [0, 0.05) is 30.9 Å². The first kappa shape index (κ1) is 21.0. The Balaban J connectivity index is 1.34. The summed E-state index contributed by atoms with van der Waals surface area (Å²) in [5.41, 5.74) is 2.85. The van der Waals surface area contributed by atoms with Gasteiger partial charge in [-0.2, -0.15) is 0 Å². The molecule has 4 rings (SSSR count). The van der Waals surface area contributed by atoms with Gasteiger partial charge in [-0.3, -0.25) is 9.78 Å². The maximum Gasteiger partial charge on any atom is 0.260 e. The van der Waals surface area contributed by atoms with Gasteiger partial charge in [-0.05, 0) is 60.7 Å². The summed E-state index contributed by atoms with van der Waals surface area (Å²) in [4.78, 5) is 18.9. The van der Waals surface area contributed by atoms with Crippen LogP contribution in [-0.2, 0) is 11.2 Å². The lowest BCUT2D eigenvalue weighted by Gasteiger charge is -2.32. The molecule has 0 bridgehead atoms. The van der Waals surface area contributed by atoms with Crippen LogP contribution < -0.4 is 4.74 Å². The summed E-state index contributed by atoms with van der Waals surface area (Å²) in [6.45, 7) is 1.04. The molecule has 1 fully saturated rings. The van der Waals surface area contributed by atoms with Crippen molar-refractivity contribution in [2.45, 2.75) is 25.2 Å². The number of carbonyl (C=O) groups is 1. The Morgan fingerprint density at radius 3 is 2.71 bits per heavy atom. The van der Waals surface area contributed by atoms with Crippen LogP contribution in [0.2, 0.25) is 0 Å². The van der Waals surface area contributed by atoms with E-state index in [0.29, 0.717) is 19.5 Å². The number of halogens is 2. The second kappa shape index (κ2) is 9.69. The number of pyridine rings is 1. The number of carbonyl (C=O) groups excluding carboxylic acids is 1. The van der Waals surface area contributed by atoms with Gasteiger partial charge < -0.3 is 9.64 Å².